The lowest BCUT2D eigenvalue weighted by Gasteiger charge is -2.15. The van der Waals surface area contributed by atoms with E-state index in [-0.39, 0.29) is 11.9 Å². The summed E-state index contributed by atoms with van der Waals surface area (Å²) >= 11 is 9.02. The molecular formula is C20H17Br2IN2O4. The Labute approximate surface area is 198 Å². The maximum absolute atomic E-state index is 12.4. The van der Waals surface area contributed by atoms with Crippen LogP contribution >= 0.6 is 54.5 Å². The summed E-state index contributed by atoms with van der Waals surface area (Å²) in [6.07, 6.45) is 1.57. The molecule has 0 fully saturated rings. The first-order valence-electron chi connectivity index (χ1n) is 8.54. The van der Waals surface area contributed by atoms with Crippen LogP contribution in [-0.2, 0) is 0 Å². The monoisotopic (exact) mass is 634 g/mol. The lowest BCUT2D eigenvalue weighted by atomic mass is 10.2. The number of hydrazone groups is 1. The molecule has 0 aliphatic heterocycles. The number of carbonyl (C=O) groups excluding carboxylic acids is 1. The molecule has 0 bridgehead atoms. The maximum Gasteiger partial charge on any atom is 0.307 e. The molecular weight excluding hydrogens is 619 g/mol. The van der Waals surface area contributed by atoms with Crippen molar-refractivity contribution in [2.75, 3.05) is 7.11 Å². The third-order valence-electron chi connectivity index (χ3n) is 3.74. The van der Waals surface area contributed by atoms with Gasteiger partial charge in [-0.05, 0) is 88.3 Å². The zero-order valence-electron chi connectivity index (χ0n) is 15.8. The highest BCUT2D eigenvalue weighted by atomic mass is 127. The summed E-state index contributed by atoms with van der Waals surface area (Å²) in [5, 5.41) is 4.84. The number of carbonyl (C=O) groups is 1. The molecule has 0 unspecified atom stereocenters. The number of fused-ring (bicyclic) bond motifs is 1. The molecule has 1 heterocycles. The summed E-state index contributed by atoms with van der Waals surface area (Å²) in [4.78, 5) is 12.4. The van der Waals surface area contributed by atoms with Crippen LogP contribution in [0.25, 0.3) is 11.0 Å². The van der Waals surface area contributed by atoms with Crippen LogP contribution in [0.1, 0.15) is 30.0 Å². The first-order chi connectivity index (χ1) is 13.8. The Bertz CT molecular complexity index is 1100. The van der Waals surface area contributed by atoms with E-state index in [0.29, 0.717) is 17.1 Å². The van der Waals surface area contributed by atoms with Gasteiger partial charge in [0.1, 0.15) is 5.58 Å². The zero-order chi connectivity index (χ0) is 21.1. The summed E-state index contributed by atoms with van der Waals surface area (Å²) in [6.45, 7) is 3.91. The van der Waals surface area contributed by atoms with Crippen LogP contribution in [0, 0.1) is 3.57 Å². The van der Waals surface area contributed by atoms with E-state index in [1.54, 1.807) is 19.2 Å². The fourth-order valence-corrected chi connectivity index (χ4v) is 4.66. The minimum atomic E-state index is -0.443. The van der Waals surface area contributed by atoms with Gasteiger partial charge in [0.15, 0.2) is 17.3 Å². The van der Waals surface area contributed by atoms with E-state index in [1.807, 2.05) is 32.0 Å². The van der Waals surface area contributed by atoms with E-state index >= 15 is 0 Å². The van der Waals surface area contributed by atoms with Gasteiger partial charge in [0.2, 0.25) is 0 Å². The highest BCUT2D eigenvalue weighted by Gasteiger charge is 2.15. The molecule has 0 atom stereocenters. The summed E-state index contributed by atoms with van der Waals surface area (Å²) < 4.78 is 19.4. The number of methoxy groups -OCH3 is 1. The van der Waals surface area contributed by atoms with Crippen LogP contribution < -0.4 is 14.9 Å². The lowest BCUT2D eigenvalue weighted by Crippen LogP contribution is -2.16. The molecule has 3 rings (SSSR count). The van der Waals surface area contributed by atoms with E-state index in [0.717, 1.165) is 23.5 Å². The second-order valence-corrected chi connectivity index (χ2v) is 9.25. The normalized spacial score (nSPS) is 11.4. The number of halogens is 3. The number of furan rings is 1. The van der Waals surface area contributed by atoms with Crippen molar-refractivity contribution in [2.45, 2.75) is 20.0 Å². The van der Waals surface area contributed by atoms with E-state index in [4.69, 9.17) is 13.9 Å². The highest BCUT2D eigenvalue weighted by Crippen LogP contribution is 2.34. The van der Waals surface area contributed by atoms with Crippen LogP contribution in [0.15, 0.2) is 48.8 Å². The SMILES string of the molecule is COc1cc(/C=N\NC(=O)c2cc3cc(Br)cc(Br)c3o2)cc(I)c1OC(C)C. The largest absolute Gasteiger partial charge is 0.493 e. The molecule has 1 amide bonds. The van der Waals surface area contributed by atoms with Gasteiger partial charge < -0.3 is 13.9 Å². The number of benzene rings is 2. The predicted octanol–water partition coefficient (Wildman–Crippen LogP) is 6.12. The van der Waals surface area contributed by atoms with Crippen molar-refractivity contribution >= 4 is 77.5 Å². The first-order valence-corrected chi connectivity index (χ1v) is 11.2. The Kier molecular flexibility index (Phi) is 7.23. The number of ether oxygens (including phenoxy) is 2. The van der Waals surface area contributed by atoms with Gasteiger partial charge in [0.05, 0.1) is 27.5 Å². The Hall–Kier alpha value is -1.59. The van der Waals surface area contributed by atoms with Gasteiger partial charge in [-0.1, -0.05) is 15.9 Å². The summed E-state index contributed by atoms with van der Waals surface area (Å²) in [5.74, 6) is 1.01. The number of amides is 1. The molecule has 6 nitrogen and oxygen atoms in total. The maximum atomic E-state index is 12.4. The number of nitrogens with one attached hydrogen (secondary N) is 1. The fourth-order valence-electron chi connectivity index (χ4n) is 2.57. The van der Waals surface area contributed by atoms with E-state index in [9.17, 15) is 4.79 Å². The summed E-state index contributed by atoms with van der Waals surface area (Å²) in [7, 11) is 1.58. The molecule has 29 heavy (non-hydrogen) atoms. The number of nitrogens with zero attached hydrogens (tertiary/aromatic N) is 1. The molecule has 0 aliphatic carbocycles. The smallest absolute Gasteiger partial charge is 0.307 e. The Morgan fingerprint density at radius 3 is 2.69 bits per heavy atom. The van der Waals surface area contributed by atoms with E-state index in [1.165, 1.54) is 6.21 Å². The zero-order valence-corrected chi connectivity index (χ0v) is 21.1. The summed E-state index contributed by atoms with van der Waals surface area (Å²) in [5.41, 5.74) is 3.84. The van der Waals surface area contributed by atoms with Crippen LogP contribution in [0.3, 0.4) is 0 Å². The van der Waals surface area contributed by atoms with Crippen LogP contribution in [0.5, 0.6) is 11.5 Å². The molecule has 0 aliphatic rings. The molecule has 0 saturated carbocycles. The molecule has 1 aromatic heterocycles. The van der Waals surface area contributed by atoms with Crippen LogP contribution in [0.2, 0.25) is 0 Å². The van der Waals surface area contributed by atoms with E-state index in [2.05, 4.69) is 65.0 Å². The molecule has 152 valence electrons. The van der Waals surface area contributed by atoms with Crippen molar-refractivity contribution in [1.82, 2.24) is 5.43 Å². The minimum Gasteiger partial charge on any atom is -0.493 e. The third kappa shape index (κ3) is 5.32. The van der Waals surface area contributed by atoms with Crippen LogP contribution in [-0.4, -0.2) is 25.3 Å². The lowest BCUT2D eigenvalue weighted by molar-refractivity contribution is 0.0929. The van der Waals surface area contributed by atoms with E-state index < -0.39 is 5.91 Å². The Balaban J connectivity index is 1.76. The van der Waals surface area contributed by atoms with Crippen molar-refractivity contribution in [1.29, 1.82) is 0 Å². The van der Waals surface area contributed by atoms with Gasteiger partial charge in [0, 0.05) is 9.86 Å². The molecule has 0 saturated heterocycles. The van der Waals surface area contributed by atoms with Gasteiger partial charge in [-0.3, -0.25) is 4.79 Å². The molecule has 2 aromatic carbocycles. The predicted molar refractivity (Wildman–Crippen MR) is 128 cm³/mol. The van der Waals surface area contributed by atoms with Crippen molar-refractivity contribution in [3.63, 3.8) is 0 Å². The average Bonchev–Trinajstić information content (AvgIpc) is 3.07. The van der Waals surface area contributed by atoms with Crippen molar-refractivity contribution in [3.8, 4) is 11.5 Å². The number of hydrogen-bond donors (Lipinski definition) is 1. The molecule has 3 aromatic rings. The van der Waals surface area contributed by atoms with Crippen molar-refractivity contribution in [2.24, 2.45) is 5.10 Å². The Morgan fingerprint density at radius 2 is 2.00 bits per heavy atom. The first kappa shape index (κ1) is 22.1. The van der Waals surface area contributed by atoms with Crippen molar-refractivity contribution < 1.29 is 18.7 Å². The molecule has 9 heteroatoms. The van der Waals surface area contributed by atoms with Crippen molar-refractivity contribution in [3.05, 3.63) is 54.2 Å². The number of rotatable bonds is 6. The minimum absolute atomic E-state index is 0.0284. The summed E-state index contributed by atoms with van der Waals surface area (Å²) in [6, 6.07) is 9.09. The second kappa shape index (κ2) is 9.48. The third-order valence-corrected chi connectivity index (χ3v) is 5.59. The fraction of sp³-hybridized carbons (Fsp3) is 0.200. The topological polar surface area (TPSA) is 73.1 Å². The second-order valence-electron chi connectivity index (χ2n) is 6.32. The molecule has 0 spiro atoms. The van der Waals surface area contributed by atoms with Crippen LogP contribution in [0.4, 0.5) is 0 Å². The average molecular weight is 636 g/mol. The number of hydrogen-bond acceptors (Lipinski definition) is 5. The Morgan fingerprint density at radius 1 is 1.24 bits per heavy atom. The van der Waals surface area contributed by atoms with Gasteiger partial charge in [-0.25, -0.2) is 5.43 Å². The highest BCUT2D eigenvalue weighted by molar-refractivity contribution is 14.1. The van der Waals surface area contributed by atoms with Gasteiger partial charge in [-0.2, -0.15) is 5.10 Å². The quantitative estimate of drug-likeness (QED) is 0.201. The standard InChI is InChI=1S/C20H17Br2IN2O4/c1-10(2)28-19-15(23)4-11(5-16(19)27-3)9-24-25-20(26)17-7-12-6-13(21)8-14(22)18(12)29-17/h4-10H,1-3H3,(H,25,26)/b24-9-. The van der Waals surface area contributed by atoms with Gasteiger partial charge in [-0.15, -0.1) is 0 Å². The molecule has 0 radical (unpaired) electrons. The van der Waals surface area contributed by atoms with Gasteiger partial charge >= 0.3 is 5.91 Å². The van der Waals surface area contributed by atoms with Gasteiger partial charge in [0.25, 0.3) is 0 Å². The molecule has 1 N–H and O–H groups in total.